The minimum absolute atomic E-state index is 0.0124. The first-order valence-electron chi connectivity index (χ1n) is 8.39. The van der Waals surface area contributed by atoms with Gasteiger partial charge in [-0.3, -0.25) is 9.59 Å². The minimum Gasteiger partial charge on any atom is -0.352 e. The fourth-order valence-corrected chi connectivity index (χ4v) is 4.62. The van der Waals surface area contributed by atoms with Gasteiger partial charge in [-0.1, -0.05) is 38.0 Å². The lowest BCUT2D eigenvalue weighted by molar-refractivity contribution is -0.125. The Morgan fingerprint density at radius 1 is 1.22 bits per heavy atom. The number of carbonyl (C=O) groups excluding carboxylic acids is 2. The van der Waals surface area contributed by atoms with Gasteiger partial charge >= 0.3 is 0 Å². The summed E-state index contributed by atoms with van der Waals surface area (Å²) in [4.78, 5) is 27.0. The number of rotatable bonds is 3. The summed E-state index contributed by atoms with van der Waals surface area (Å²) in [5, 5.41) is 3.18. The first-order chi connectivity index (χ1) is 11.1. The van der Waals surface area contributed by atoms with Gasteiger partial charge in [0.05, 0.1) is 5.88 Å². The van der Waals surface area contributed by atoms with Crippen molar-refractivity contribution in [3.63, 3.8) is 0 Å². The summed E-state index contributed by atoms with van der Waals surface area (Å²) in [6, 6.07) is 9.15. The maximum absolute atomic E-state index is 12.6. The summed E-state index contributed by atoms with van der Waals surface area (Å²) in [7, 11) is 0. The second kappa shape index (κ2) is 7.39. The normalized spacial score (nSPS) is 27.7. The molecule has 2 fully saturated rings. The number of nitrogens with zero attached hydrogens (tertiary/aromatic N) is 1. The second-order valence-electron chi connectivity index (χ2n) is 6.63. The summed E-state index contributed by atoms with van der Waals surface area (Å²) in [6.45, 7) is 2.25. The van der Waals surface area contributed by atoms with Gasteiger partial charge in [-0.2, -0.15) is 0 Å². The van der Waals surface area contributed by atoms with E-state index in [4.69, 9.17) is 0 Å². The molecule has 3 atom stereocenters. The zero-order valence-electron chi connectivity index (χ0n) is 13.5. The predicted octanol–water partition coefficient (Wildman–Crippen LogP) is 2.90. The Balaban J connectivity index is 1.64. The topological polar surface area (TPSA) is 49.4 Å². The van der Waals surface area contributed by atoms with Gasteiger partial charge in [-0.05, 0) is 30.9 Å². The van der Waals surface area contributed by atoms with E-state index < -0.39 is 0 Å². The van der Waals surface area contributed by atoms with Crippen LogP contribution in [0.2, 0.25) is 0 Å². The van der Waals surface area contributed by atoms with Crippen LogP contribution in [0.25, 0.3) is 0 Å². The third kappa shape index (κ3) is 3.89. The van der Waals surface area contributed by atoms with E-state index >= 15 is 0 Å². The average Bonchev–Trinajstić information content (AvgIpc) is 3.05. The number of amides is 2. The predicted molar refractivity (Wildman–Crippen MR) is 93.3 cm³/mol. The lowest BCUT2D eigenvalue weighted by Crippen LogP contribution is -2.50. The standard InChI is InChI=1S/C18H24N2O2S/c1-13-6-5-9-15(10-13)19-17(21)16-11-23-12-20(16)18(22)14-7-3-2-4-8-14/h2-4,7-8,13,15-16H,5-6,9-12H2,1H3,(H,19,21). The van der Waals surface area contributed by atoms with Crippen molar-refractivity contribution in [1.82, 2.24) is 10.2 Å². The molecule has 0 bridgehead atoms. The largest absolute Gasteiger partial charge is 0.352 e. The molecule has 1 N–H and O–H groups in total. The highest BCUT2D eigenvalue weighted by Gasteiger charge is 2.36. The van der Waals surface area contributed by atoms with Gasteiger partial charge in [0.2, 0.25) is 5.91 Å². The molecule has 1 saturated carbocycles. The summed E-state index contributed by atoms with van der Waals surface area (Å²) >= 11 is 1.65. The molecule has 1 aromatic rings. The molecule has 124 valence electrons. The fraction of sp³-hybridized carbons (Fsp3) is 0.556. The van der Waals surface area contributed by atoms with E-state index in [1.54, 1.807) is 16.7 Å². The minimum atomic E-state index is -0.343. The molecule has 4 nitrogen and oxygen atoms in total. The Labute approximate surface area is 142 Å². The van der Waals surface area contributed by atoms with Gasteiger partial charge in [0.25, 0.3) is 5.91 Å². The average molecular weight is 332 g/mol. The Morgan fingerprint density at radius 2 is 2.00 bits per heavy atom. The van der Waals surface area contributed by atoms with Gasteiger partial charge in [0.1, 0.15) is 6.04 Å². The molecule has 0 spiro atoms. The van der Waals surface area contributed by atoms with Crippen LogP contribution in [0.1, 0.15) is 43.0 Å². The van der Waals surface area contributed by atoms with Crippen molar-refractivity contribution >= 4 is 23.6 Å². The van der Waals surface area contributed by atoms with Crippen LogP contribution in [-0.4, -0.2) is 40.4 Å². The molecular formula is C18H24N2O2S. The molecule has 2 amide bonds. The number of nitrogens with one attached hydrogen (secondary N) is 1. The van der Waals surface area contributed by atoms with Crippen molar-refractivity contribution in [1.29, 1.82) is 0 Å². The Kier molecular flexibility index (Phi) is 5.26. The quantitative estimate of drug-likeness (QED) is 0.926. The van der Waals surface area contributed by atoms with Crippen molar-refractivity contribution < 1.29 is 9.59 Å². The van der Waals surface area contributed by atoms with Gasteiger partial charge in [-0.15, -0.1) is 11.8 Å². The number of benzene rings is 1. The van der Waals surface area contributed by atoms with Crippen molar-refractivity contribution in [2.45, 2.75) is 44.7 Å². The lowest BCUT2D eigenvalue weighted by atomic mass is 9.87. The van der Waals surface area contributed by atoms with Crippen LogP contribution in [0, 0.1) is 5.92 Å². The van der Waals surface area contributed by atoms with Crippen molar-refractivity contribution in [3.05, 3.63) is 35.9 Å². The monoisotopic (exact) mass is 332 g/mol. The molecule has 2 aliphatic rings. The Bertz CT molecular complexity index is 563. The molecule has 3 rings (SSSR count). The van der Waals surface area contributed by atoms with Crippen LogP contribution < -0.4 is 5.32 Å². The van der Waals surface area contributed by atoms with Crippen LogP contribution in [0.15, 0.2) is 30.3 Å². The van der Waals surface area contributed by atoms with E-state index in [0.717, 1.165) is 12.8 Å². The molecule has 1 saturated heterocycles. The number of hydrogen-bond donors (Lipinski definition) is 1. The van der Waals surface area contributed by atoms with E-state index in [2.05, 4.69) is 12.2 Å². The summed E-state index contributed by atoms with van der Waals surface area (Å²) < 4.78 is 0. The first-order valence-corrected chi connectivity index (χ1v) is 9.54. The molecule has 1 aliphatic carbocycles. The van der Waals surface area contributed by atoms with E-state index in [1.807, 2.05) is 30.3 Å². The molecule has 0 radical (unpaired) electrons. The zero-order chi connectivity index (χ0) is 16.2. The van der Waals surface area contributed by atoms with Crippen LogP contribution in [-0.2, 0) is 4.79 Å². The maximum Gasteiger partial charge on any atom is 0.255 e. The zero-order valence-corrected chi connectivity index (χ0v) is 14.3. The third-order valence-corrected chi connectivity index (χ3v) is 5.76. The number of hydrogen-bond acceptors (Lipinski definition) is 3. The molecule has 1 heterocycles. The number of thioether (sulfide) groups is 1. The smallest absolute Gasteiger partial charge is 0.255 e. The lowest BCUT2D eigenvalue weighted by Gasteiger charge is -2.30. The van der Waals surface area contributed by atoms with E-state index in [-0.39, 0.29) is 23.9 Å². The molecule has 0 aromatic heterocycles. The second-order valence-corrected chi connectivity index (χ2v) is 7.63. The van der Waals surface area contributed by atoms with Crippen molar-refractivity contribution in [3.8, 4) is 0 Å². The van der Waals surface area contributed by atoms with Crippen LogP contribution in [0.3, 0.4) is 0 Å². The van der Waals surface area contributed by atoms with E-state index in [1.165, 1.54) is 12.8 Å². The molecule has 1 aromatic carbocycles. The summed E-state index contributed by atoms with van der Waals surface area (Å²) in [6.07, 6.45) is 4.54. The molecule has 3 unspecified atom stereocenters. The van der Waals surface area contributed by atoms with Crippen molar-refractivity contribution in [2.75, 3.05) is 11.6 Å². The highest BCUT2D eigenvalue weighted by Crippen LogP contribution is 2.26. The number of carbonyl (C=O) groups is 2. The Morgan fingerprint density at radius 3 is 2.74 bits per heavy atom. The maximum atomic E-state index is 12.6. The summed E-state index contributed by atoms with van der Waals surface area (Å²) in [5.41, 5.74) is 0.652. The van der Waals surface area contributed by atoms with Gasteiger partial charge in [0, 0.05) is 17.4 Å². The SMILES string of the molecule is CC1CCCC(NC(=O)C2CSCN2C(=O)c2ccccc2)C1. The fourth-order valence-electron chi connectivity index (χ4n) is 3.47. The molecular weight excluding hydrogens is 308 g/mol. The van der Waals surface area contributed by atoms with Gasteiger partial charge < -0.3 is 10.2 Å². The van der Waals surface area contributed by atoms with Crippen LogP contribution >= 0.6 is 11.8 Å². The van der Waals surface area contributed by atoms with Crippen LogP contribution in [0.5, 0.6) is 0 Å². The van der Waals surface area contributed by atoms with Crippen molar-refractivity contribution in [2.24, 2.45) is 5.92 Å². The first kappa shape index (κ1) is 16.4. The molecule has 5 heteroatoms. The van der Waals surface area contributed by atoms with Crippen LogP contribution in [0.4, 0.5) is 0 Å². The third-order valence-electron chi connectivity index (χ3n) is 4.75. The highest BCUT2D eigenvalue weighted by atomic mass is 32.2. The summed E-state index contributed by atoms with van der Waals surface area (Å²) in [5.74, 6) is 1.92. The highest BCUT2D eigenvalue weighted by molar-refractivity contribution is 7.99. The Hall–Kier alpha value is -1.49. The van der Waals surface area contributed by atoms with Gasteiger partial charge in [0.15, 0.2) is 0 Å². The molecule has 23 heavy (non-hydrogen) atoms. The van der Waals surface area contributed by atoms with E-state index in [0.29, 0.717) is 23.1 Å². The molecule has 1 aliphatic heterocycles. The van der Waals surface area contributed by atoms with E-state index in [9.17, 15) is 9.59 Å². The van der Waals surface area contributed by atoms with Gasteiger partial charge in [-0.25, -0.2) is 0 Å².